The standard InChI is InChI=1S/C31H33N3O3/c1-21-6-8-27(22(2)15-21)31-28-17-29(37-14-11-24-5-4-12-32-18-24)23(3)16-25(28)10-13-34(31)30(35)9-7-26-19-36-20-33-26/h4-6,8,12,15-20,31H,7,9-11,13-14H2,1-3H3. The molecule has 1 atom stereocenters. The zero-order valence-electron chi connectivity index (χ0n) is 21.7. The summed E-state index contributed by atoms with van der Waals surface area (Å²) >= 11 is 0. The second kappa shape index (κ2) is 11.0. The third kappa shape index (κ3) is 5.58. The first kappa shape index (κ1) is 24.8. The van der Waals surface area contributed by atoms with E-state index in [1.54, 1.807) is 12.5 Å². The molecule has 0 saturated carbocycles. The molecule has 1 aliphatic rings. The van der Waals surface area contributed by atoms with E-state index in [-0.39, 0.29) is 11.9 Å². The van der Waals surface area contributed by atoms with E-state index in [1.165, 1.54) is 23.1 Å². The zero-order valence-corrected chi connectivity index (χ0v) is 21.7. The Bertz CT molecular complexity index is 1370. The molecule has 2 aromatic heterocycles. The summed E-state index contributed by atoms with van der Waals surface area (Å²) in [6, 6.07) is 14.8. The molecule has 2 aromatic carbocycles. The van der Waals surface area contributed by atoms with E-state index in [0.29, 0.717) is 26.0 Å². The Labute approximate surface area is 218 Å². The van der Waals surface area contributed by atoms with E-state index in [1.807, 2.05) is 17.2 Å². The summed E-state index contributed by atoms with van der Waals surface area (Å²) in [6.07, 6.45) is 9.25. The van der Waals surface area contributed by atoms with Crippen LogP contribution >= 0.6 is 0 Å². The Morgan fingerprint density at radius 2 is 1.97 bits per heavy atom. The molecule has 5 rings (SSSR count). The van der Waals surface area contributed by atoms with Gasteiger partial charge in [0.05, 0.1) is 18.3 Å². The minimum atomic E-state index is -0.157. The van der Waals surface area contributed by atoms with Gasteiger partial charge in [0.25, 0.3) is 0 Å². The molecule has 1 unspecified atom stereocenters. The minimum Gasteiger partial charge on any atom is -0.493 e. The lowest BCUT2D eigenvalue weighted by atomic mass is 9.84. The van der Waals surface area contributed by atoms with Gasteiger partial charge in [0.2, 0.25) is 5.91 Å². The van der Waals surface area contributed by atoms with Crippen LogP contribution in [0.1, 0.15) is 57.1 Å². The molecule has 0 fully saturated rings. The van der Waals surface area contributed by atoms with E-state index >= 15 is 0 Å². The van der Waals surface area contributed by atoms with Gasteiger partial charge in [0.1, 0.15) is 12.0 Å². The number of oxazole rings is 1. The minimum absolute atomic E-state index is 0.123. The van der Waals surface area contributed by atoms with Crippen molar-refractivity contribution in [2.45, 2.75) is 52.5 Å². The van der Waals surface area contributed by atoms with E-state index < -0.39 is 0 Å². The van der Waals surface area contributed by atoms with E-state index in [9.17, 15) is 4.79 Å². The second-order valence-corrected chi connectivity index (χ2v) is 9.86. The summed E-state index contributed by atoms with van der Waals surface area (Å²) in [4.78, 5) is 24.0. The first-order valence-electron chi connectivity index (χ1n) is 12.9. The molecule has 0 bridgehead atoms. The molecule has 0 aliphatic carbocycles. The molecule has 0 radical (unpaired) electrons. The summed E-state index contributed by atoms with van der Waals surface area (Å²) < 4.78 is 11.4. The molecule has 0 N–H and O–H groups in total. The number of pyridine rings is 1. The van der Waals surface area contributed by atoms with Crippen molar-refractivity contribution in [1.29, 1.82) is 0 Å². The highest BCUT2D eigenvalue weighted by Gasteiger charge is 2.33. The summed E-state index contributed by atoms with van der Waals surface area (Å²) in [5, 5.41) is 0. The maximum absolute atomic E-state index is 13.6. The van der Waals surface area contributed by atoms with Gasteiger partial charge in [-0.15, -0.1) is 0 Å². The molecule has 6 nitrogen and oxygen atoms in total. The zero-order chi connectivity index (χ0) is 25.8. The largest absolute Gasteiger partial charge is 0.493 e. The molecule has 0 spiro atoms. The summed E-state index contributed by atoms with van der Waals surface area (Å²) in [7, 11) is 0. The van der Waals surface area contributed by atoms with Gasteiger partial charge in [-0.2, -0.15) is 0 Å². The molecule has 6 heteroatoms. The van der Waals surface area contributed by atoms with Gasteiger partial charge in [0.15, 0.2) is 6.39 Å². The van der Waals surface area contributed by atoms with Crippen LogP contribution in [0, 0.1) is 20.8 Å². The van der Waals surface area contributed by atoms with Crippen LogP contribution in [-0.2, 0) is 24.1 Å². The van der Waals surface area contributed by atoms with Crippen molar-refractivity contribution in [1.82, 2.24) is 14.9 Å². The molecule has 4 aromatic rings. The van der Waals surface area contributed by atoms with Crippen LogP contribution < -0.4 is 4.74 Å². The number of benzene rings is 2. The molecule has 190 valence electrons. The van der Waals surface area contributed by atoms with Gasteiger partial charge in [-0.25, -0.2) is 4.98 Å². The van der Waals surface area contributed by atoms with Gasteiger partial charge < -0.3 is 14.1 Å². The van der Waals surface area contributed by atoms with Crippen LogP contribution in [0.4, 0.5) is 0 Å². The highest BCUT2D eigenvalue weighted by Crippen LogP contribution is 2.40. The quantitative estimate of drug-likeness (QED) is 0.313. The van der Waals surface area contributed by atoms with Gasteiger partial charge in [-0.1, -0.05) is 35.9 Å². The second-order valence-electron chi connectivity index (χ2n) is 9.86. The van der Waals surface area contributed by atoms with Crippen molar-refractivity contribution in [2.75, 3.05) is 13.2 Å². The fourth-order valence-electron chi connectivity index (χ4n) is 5.23. The predicted molar refractivity (Wildman–Crippen MR) is 143 cm³/mol. The van der Waals surface area contributed by atoms with Gasteiger partial charge in [-0.3, -0.25) is 9.78 Å². The van der Waals surface area contributed by atoms with Crippen molar-refractivity contribution < 1.29 is 13.9 Å². The predicted octanol–water partition coefficient (Wildman–Crippen LogP) is 5.72. The molecule has 0 saturated heterocycles. The van der Waals surface area contributed by atoms with Crippen LogP contribution in [0.2, 0.25) is 0 Å². The summed E-state index contributed by atoms with van der Waals surface area (Å²) in [6.45, 7) is 7.59. The molecule has 1 aliphatic heterocycles. The molecular formula is C31H33N3O3. The van der Waals surface area contributed by atoms with Crippen molar-refractivity contribution in [3.8, 4) is 5.75 Å². The Hall–Kier alpha value is -3.93. The average molecular weight is 496 g/mol. The number of aromatic nitrogens is 2. The van der Waals surface area contributed by atoms with Crippen LogP contribution in [0.15, 0.2) is 71.9 Å². The van der Waals surface area contributed by atoms with Crippen molar-refractivity contribution in [2.24, 2.45) is 0 Å². The highest BCUT2D eigenvalue weighted by molar-refractivity contribution is 5.78. The van der Waals surface area contributed by atoms with Crippen LogP contribution in [-0.4, -0.2) is 33.9 Å². The number of amides is 1. The molecule has 3 heterocycles. The highest BCUT2D eigenvalue weighted by atomic mass is 16.5. The van der Waals surface area contributed by atoms with E-state index in [2.05, 4.69) is 67.1 Å². The van der Waals surface area contributed by atoms with Gasteiger partial charge in [-0.05, 0) is 72.7 Å². The number of carbonyl (C=O) groups is 1. The lowest BCUT2D eigenvalue weighted by Crippen LogP contribution is -2.41. The molecule has 37 heavy (non-hydrogen) atoms. The van der Waals surface area contributed by atoms with E-state index in [4.69, 9.17) is 9.15 Å². The number of fused-ring (bicyclic) bond motifs is 1. The topological polar surface area (TPSA) is 68.5 Å². The third-order valence-electron chi connectivity index (χ3n) is 7.15. The van der Waals surface area contributed by atoms with Gasteiger partial charge >= 0.3 is 0 Å². The maximum atomic E-state index is 13.6. The van der Waals surface area contributed by atoms with Crippen molar-refractivity contribution in [3.05, 3.63) is 112 Å². The fraction of sp³-hybridized carbons (Fsp3) is 0.323. The summed E-state index contributed by atoms with van der Waals surface area (Å²) in [5.74, 6) is 0.993. The van der Waals surface area contributed by atoms with Gasteiger partial charge in [0, 0.05) is 38.2 Å². The first-order chi connectivity index (χ1) is 18.0. The third-order valence-corrected chi connectivity index (χ3v) is 7.15. The Kier molecular flexibility index (Phi) is 7.35. The normalized spacial score (nSPS) is 14.9. The van der Waals surface area contributed by atoms with Crippen LogP contribution in [0.3, 0.4) is 0 Å². The Balaban J connectivity index is 1.45. The molecular weight excluding hydrogens is 462 g/mol. The number of ether oxygens (including phenoxy) is 1. The number of rotatable bonds is 8. The van der Waals surface area contributed by atoms with Crippen LogP contribution in [0.25, 0.3) is 0 Å². The monoisotopic (exact) mass is 495 g/mol. The molecule has 1 amide bonds. The number of carbonyl (C=O) groups excluding carboxylic acids is 1. The SMILES string of the molecule is Cc1ccc(C2c3cc(OCCc4cccnc4)c(C)cc3CCN2C(=O)CCc2cocn2)c(C)c1. The number of hydrogen-bond donors (Lipinski definition) is 0. The maximum Gasteiger partial charge on any atom is 0.223 e. The Morgan fingerprint density at radius 3 is 2.73 bits per heavy atom. The smallest absolute Gasteiger partial charge is 0.223 e. The number of hydrogen-bond acceptors (Lipinski definition) is 5. The van der Waals surface area contributed by atoms with Crippen LogP contribution in [0.5, 0.6) is 5.75 Å². The van der Waals surface area contributed by atoms with Crippen molar-refractivity contribution in [3.63, 3.8) is 0 Å². The number of nitrogens with zero attached hydrogens (tertiary/aromatic N) is 3. The van der Waals surface area contributed by atoms with E-state index in [0.717, 1.165) is 46.5 Å². The first-order valence-corrected chi connectivity index (χ1v) is 12.9. The number of aryl methyl sites for hydroxylation is 4. The lowest BCUT2D eigenvalue weighted by Gasteiger charge is -2.39. The average Bonchev–Trinajstić information content (AvgIpc) is 3.42. The fourth-order valence-corrected chi connectivity index (χ4v) is 5.23. The van der Waals surface area contributed by atoms with Crippen molar-refractivity contribution >= 4 is 5.91 Å². The Morgan fingerprint density at radius 1 is 1.08 bits per heavy atom. The lowest BCUT2D eigenvalue weighted by molar-refractivity contribution is -0.133. The summed E-state index contributed by atoms with van der Waals surface area (Å²) in [5.41, 5.74) is 9.06.